The highest BCUT2D eigenvalue weighted by molar-refractivity contribution is 5.02. The first-order chi connectivity index (χ1) is 6.63. The van der Waals surface area contributed by atoms with Crippen LogP contribution in [0.25, 0.3) is 0 Å². The lowest BCUT2D eigenvalue weighted by Gasteiger charge is -2.13. The van der Waals surface area contributed by atoms with Crippen LogP contribution < -0.4 is 11.2 Å². The molecule has 0 aromatic carbocycles. The van der Waals surface area contributed by atoms with E-state index in [9.17, 15) is 9.59 Å². The normalized spacial score (nSPS) is 10.8. The van der Waals surface area contributed by atoms with Crippen molar-refractivity contribution >= 4 is 0 Å². The van der Waals surface area contributed by atoms with Crippen molar-refractivity contribution in [1.29, 1.82) is 0 Å². The summed E-state index contributed by atoms with van der Waals surface area (Å²) in [4.78, 5) is 28.2. The molecule has 0 unspecified atom stereocenters. The molecule has 1 rings (SSSR count). The Hall–Kier alpha value is -1.40. The van der Waals surface area contributed by atoms with Crippen molar-refractivity contribution in [2.45, 2.75) is 6.54 Å². The van der Waals surface area contributed by atoms with Gasteiger partial charge in [0, 0.05) is 24.8 Å². The van der Waals surface area contributed by atoms with E-state index in [1.807, 2.05) is 0 Å². The molecule has 6 heteroatoms. The second kappa shape index (κ2) is 4.73. The van der Waals surface area contributed by atoms with Crippen LogP contribution in [0.15, 0.2) is 15.8 Å². The molecule has 0 aliphatic rings. The topological polar surface area (TPSA) is 89.2 Å². The Kier molecular flexibility index (Phi) is 3.61. The number of aromatic amines is 2. The molecule has 0 aliphatic carbocycles. The minimum Gasteiger partial charge on any atom is -0.395 e. The number of aliphatic hydroxyl groups is 1. The van der Waals surface area contributed by atoms with Crippen molar-refractivity contribution in [3.8, 4) is 0 Å². The van der Waals surface area contributed by atoms with Crippen LogP contribution in [0.5, 0.6) is 0 Å². The van der Waals surface area contributed by atoms with Crippen molar-refractivity contribution in [2.75, 3.05) is 20.2 Å². The van der Waals surface area contributed by atoms with Crippen LogP contribution in [0.3, 0.4) is 0 Å². The van der Waals surface area contributed by atoms with Gasteiger partial charge in [-0.3, -0.25) is 14.7 Å². The lowest BCUT2D eigenvalue weighted by atomic mass is 10.3. The Morgan fingerprint density at radius 1 is 1.50 bits per heavy atom. The molecule has 0 radical (unpaired) electrons. The van der Waals surface area contributed by atoms with Crippen molar-refractivity contribution in [2.24, 2.45) is 0 Å². The summed E-state index contributed by atoms with van der Waals surface area (Å²) in [7, 11) is 1.78. The zero-order valence-electron chi connectivity index (χ0n) is 7.91. The summed E-state index contributed by atoms with van der Waals surface area (Å²) in [5.74, 6) is 0. The van der Waals surface area contributed by atoms with Gasteiger partial charge in [0.05, 0.1) is 6.61 Å². The Morgan fingerprint density at radius 2 is 2.21 bits per heavy atom. The zero-order chi connectivity index (χ0) is 10.6. The van der Waals surface area contributed by atoms with Crippen LogP contribution in [-0.4, -0.2) is 40.2 Å². The van der Waals surface area contributed by atoms with Crippen molar-refractivity contribution in [3.05, 3.63) is 32.6 Å². The Balaban J connectivity index is 2.77. The molecule has 3 N–H and O–H groups in total. The van der Waals surface area contributed by atoms with E-state index in [-0.39, 0.29) is 6.61 Å². The maximum absolute atomic E-state index is 11.2. The third kappa shape index (κ3) is 2.82. The summed E-state index contributed by atoms with van der Waals surface area (Å²) < 4.78 is 0. The summed E-state index contributed by atoms with van der Waals surface area (Å²) in [5, 5.41) is 8.64. The van der Waals surface area contributed by atoms with Gasteiger partial charge in [0.2, 0.25) is 0 Å². The fraction of sp³-hybridized carbons (Fsp3) is 0.500. The number of nitrogens with one attached hydrogen (secondary N) is 2. The number of hydrogen-bond donors (Lipinski definition) is 3. The molecule has 14 heavy (non-hydrogen) atoms. The summed E-state index contributed by atoms with van der Waals surface area (Å²) in [6.07, 6.45) is 1.38. The van der Waals surface area contributed by atoms with E-state index < -0.39 is 11.2 Å². The predicted molar refractivity (Wildman–Crippen MR) is 51.1 cm³/mol. The summed E-state index contributed by atoms with van der Waals surface area (Å²) in [6, 6.07) is 0. The average Bonchev–Trinajstić information content (AvgIpc) is 2.10. The number of H-pyrrole nitrogens is 2. The monoisotopic (exact) mass is 199 g/mol. The maximum Gasteiger partial charge on any atom is 0.325 e. The quantitative estimate of drug-likeness (QED) is 0.550. The summed E-state index contributed by atoms with van der Waals surface area (Å²) in [6.45, 7) is 0.920. The molecule has 0 amide bonds. The molecule has 78 valence electrons. The second-order valence-electron chi connectivity index (χ2n) is 3.06. The number of hydrogen-bond acceptors (Lipinski definition) is 4. The van der Waals surface area contributed by atoms with E-state index in [2.05, 4.69) is 9.97 Å². The highest BCUT2D eigenvalue weighted by atomic mass is 16.3. The third-order valence-corrected chi connectivity index (χ3v) is 1.82. The van der Waals surface area contributed by atoms with Gasteiger partial charge in [0.15, 0.2) is 0 Å². The largest absolute Gasteiger partial charge is 0.395 e. The minimum absolute atomic E-state index is 0.0394. The zero-order valence-corrected chi connectivity index (χ0v) is 7.91. The molecule has 6 nitrogen and oxygen atoms in total. The van der Waals surface area contributed by atoms with Crippen molar-refractivity contribution < 1.29 is 5.11 Å². The fourth-order valence-corrected chi connectivity index (χ4v) is 1.10. The van der Waals surface area contributed by atoms with E-state index in [0.29, 0.717) is 18.7 Å². The smallest absolute Gasteiger partial charge is 0.325 e. The van der Waals surface area contributed by atoms with Gasteiger partial charge in [-0.2, -0.15) is 0 Å². The summed E-state index contributed by atoms with van der Waals surface area (Å²) in [5.41, 5.74) is -0.428. The molecule has 0 fully saturated rings. The second-order valence-corrected chi connectivity index (χ2v) is 3.06. The molecule has 0 atom stereocenters. The molecule has 0 bridgehead atoms. The van der Waals surface area contributed by atoms with Crippen LogP contribution in [0.4, 0.5) is 0 Å². The van der Waals surface area contributed by atoms with Gasteiger partial charge in [-0.15, -0.1) is 0 Å². The number of aliphatic hydroxyl groups excluding tert-OH is 1. The van der Waals surface area contributed by atoms with Gasteiger partial charge >= 0.3 is 5.69 Å². The Bertz CT molecular complexity index is 395. The van der Waals surface area contributed by atoms with Gasteiger partial charge < -0.3 is 10.1 Å². The fourth-order valence-electron chi connectivity index (χ4n) is 1.10. The van der Waals surface area contributed by atoms with Crippen LogP contribution in [-0.2, 0) is 6.54 Å². The molecule has 0 saturated heterocycles. The standard InChI is InChI=1S/C8H13N3O3/c1-11(2-3-12)5-6-4-9-8(14)10-7(6)13/h4,12H,2-3,5H2,1H3,(H2,9,10,13,14). The van der Waals surface area contributed by atoms with Crippen LogP contribution in [0.1, 0.15) is 5.56 Å². The van der Waals surface area contributed by atoms with Gasteiger partial charge in [0.1, 0.15) is 0 Å². The Morgan fingerprint density at radius 3 is 2.79 bits per heavy atom. The van der Waals surface area contributed by atoms with Crippen LogP contribution in [0, 0.1) is 0 Å². The molecule has 0 aliphatic heterocycles. The number of aromatic nitrogens is 2. The lowest BCUT2D eigenvalue weighted by molar-refractivity contribution is 0.216. The molecular formula is C8H13N3O3. The van der Waals surface area contributed by atoms with Crippen molar-refractivity contribution in [3.63, 3.8) is 0 Å². The maximum atomic E-state index is 11.2. The highest BCUT2D eigenvalue weighted by Crippen LogP contribution is 1.92. The Labute approximate surface area is 80.2 Å². The summed E-state index contributed by atoms with van der Waals surface area (Å²) >= 11 is 0. The first kappa shape index (κ1) is 10.7. The molecule has 1 aromatic heterocycles. The first-order valence-electron chi connectivity index (χ1n) is 4.24. The van der Waals surface area contributed by atoms with E-state index in [1.54, 1.807) is 11.9 Å². The number of rotatable bonds is 4. The van der Waals surface area contributed by atoms with E-state index in [0.717, 1.165) is 0 Å². The third-order valence-electron chi connectivity index (χ3n) is 1.82. The van der Waals surface area contributed by atoms with E-state index in [1.165, 1.54) is 6.20 Å². The van der Waals surface area contributed by atoms with Gasteiger partial charge in [-0.05, 0) is 7.05 Å². The highest BCUT2D eigenvalue weighted by Gasteiger charge is 2.03. The average molecular weight is 199 g/mol. The van der Waals surface area contributed by atoms with E-state index in [4.69, 9.17) is 5.11 Å². The first-order valence-corrected chi connectivity index (χ1v) is 4.24. The van der Waals surface area contributed by atoms with Crippen LogP contribution in [0.2, 0.25) is 0 Å². The van der Waals surface area contributed by atoms with Gasteiger partial charge in [-0.1, -0.05) is 0 Å². The number of likely N-dealkylation sites (N-methyl/N-ethyl adjacent to an activating group) is 1. The molecular weight excluding hydrogens is 186 g/mol. The molecule has 1 heterocycles. The van der Waals surface area contributed by atoms with Gasteiger partial charge in [-0.25, -0.2) is 4.79 Å². The SMILES string of the molecule is CN(CCO)Cc1c[nH]c(=O)[nH]c1=O. The van der Waals surface area contributed by atoms with Crippen LogP contribution >= 0.6 is 0 Å². The number of nitrogens with zero attached hydrogens (tertiary/aromatic N) is 1. The molecule has 0 saturated carbocycles. The van der Waals surface area contributed by atoms with E-state index >= 15 is 0 Å². The molecule has 0 spiro atoms. The predicted octanol–water partition coefficient (Wildman–Crippen LogP) is -1.51. The lowest BCUT2D eigenvalue weighted by Crippen LogP contribution is -2.29. The van der Waals surface area contributed by atoms with Crippen molar-refractivity contribution in [1.82, 2.24) is 14.9 Å². The van der Waals surface area contributed by atoms with Gasteiger partial charge in [0.25, 0.3) is 5.56 Å². The molecule has 1 aromatic rings. The minimum atomic E-state index is -0.511.